The summed E-state index contributed by atoms with van der Waals surface area (Å²) < 4.78 is 43.2. The molecule has 3 heterocycles. The number of amides is 1. The van der Waals surface area contributed by atoms with Crippen LogP contribution in [0.5, 0.6) is 0 Å². The summed E-state index contributed by atoms with van der Waals surface area (Å²) in [5.74, 6) is -1.03. The van der Waals surface area contributed by atoms with Crippen LogP contribution in [0.25, 0.3) is 11.0 Å². The number of carbonyl (C=O) groups excluding carboxylic acids is 1. The van der Waals surface area contributed by atoms with E-state index < -0.39 is 23.1 Å². The normalized spacial score (nSPS) is 28.5. The number of hydrazone groups is 1. The Morgan fingerprint density at radius 1 is 1.06 bits per heavy atom. The molecule has 0 radical (unpaired) electrons. The summed E-state index contributed by atoms with van der Waals surface area (Å²) in [6.45, 7) is 0.704. The Balaban J connectivity index is 1.21. The lowest BCUT2D eigenvalue weighted by Crippen LogP contribution is -2.45. The molecule has 4 aliphatic rings. The van der Waals surface area contributed by atoms with Crippen LogP contribution in [0.15, 0.2) is 47.8 Å². The largest absolute Gasteiger partial charge is 0.346 e. The second-order valence-corrected chi connectivity index (χ2v) is 9.34. The average molecular weight is 438 g/mol. The number of benzene rings is 1. The van der Waals surface area contributed by atoms with Crippen molar-refractivity contribution < 1.29 is 18.0 Å². The van der Waals surface area contributed by atoms with Crippen LogP contribution in [-0.2, 0) is 11.3 Å². The first-order valence-electron chi connectivity index (χ1n) is 10.8. The third kappa shape index (κ3) is 2.96. The molecule has 3 aliphatic carbocycles. The zero-order valence-corrected chi connectivity index (χ0v) is 17.2. The first kappa shape index (κ1) is 19.5. The van der Waals surface area contributed by atoms with E-state index in [9.17, 15) is 18.0 Å². The molecule has 3 aromatic rings. The van der Waals surface area contributed by atoms with E-state index in [1.807, 2.05) is 16.8 Å². The molecule has 2 atom stereocenters. The summed E-state index contributed by atoms with van der Waals surface area (Å²) in [6.07, 6.45) is 7.51. The number of halogens is 3. The van der Waals surface area contributed by atoms with E-state index in [-0.39, 0.29) is 11.7 Å². The van der Waals surface area contributed by atoms with Crippen LogP contribution in [0.3, 0.4) is 0 Å². The van der Waals surface area contributed by atoms with Crippen molar-refractivity contribution in [1.82, 2.24) is 14.6 Å². The Hall–Kier alpha value is -3.16. The van der Waals surface area contributed by atoms with Gasteiger partial charge in [0.2, 0.25) is 5.91 Å². The highest BCUT2D eigenvalue weighted by Gasteiger charge is 2.61. The Bertz CT molecular complexity index is 1240. The van der Waals surface area contributed by atoms with Crippen LogP contribution < -0.4 is 0 Å². The maximum absolute atomic E-state index is 13.7. The maximum atomic E-state index is 13.7. The monoisotopic (exact) mass is 438 g/mol. The first-order valence-corrected chi connectivity index (χ1v) is 10.8. The van der Waals surface area contributed by atoms with E-state index in [0.717, 1.165) is 36.4 Å². The van der Waals surface area contributed by atoms with Crippen molar-refractivity contribution in [3.63, 3.8) is 0 Å². The second kappa shape index (κ2) is 6.92. The zero-order valence-electron chi connectivity index (χ0n) is 17.2. The lowest BCUT2D eigenvalue weighted by Gasteiger charge is -2.40. The minimum absolute atomic E-state index is 0.0651. The van der Waals surface area contributed by atoms with Gasteiger partial charge in [-0.15, -0.1) is 0 Å². The standard InChI is InChI=1S/C24H21F3N4O/c25-17-5-14(6-18(26)7-17)21-1-3-29-31(21)23(32)24-9-15(10-24)16(11-24)13-30-4-2-20-22(30)8-19(27)12-28-20/h2-8,12,15-16,21H,1,9-11,13H2. The zero-order chi connectivity index (χ0) is 22.0. The smallest absolute Gasteiger partial charge is 0.249 e. The van der Waals surface area contributed by atoms with Crippen LogP contribution in [0.4, 0.5) is 13.2 Å². The Kier molecular flexibility index (Phi) is 4.22. The van der Waals surface area contributed by atoms with Gasteiger partial charge in [-0.3, -0.25) is 9.78 Å². The number of hydrogen-bond acceptors (Lipinski definition) is 3. The number of hydrogen-bond donors (Lipinski definition) is 0. The van der Waals surface area contributed by atoms with Crippen LogP contribution in [0, 0.1) is 34.7 Å². The fraction of sp³-hybridized carbons (Fsp3) is 0.375. The molecule has 1 amide bonds. The maximum Gasteiger partial charge on any atom is 0.249 e. The molecule has 5 nitrogen and oxygen atoms in total. The predicted molar refractivity (Wildman–Crippen MR) is 112 cm³/mol. The first-order chi connectivity index (χ1) is 15.4. The van der Waals surface area contributed by atoms with E-state index in [4.69, 9.17) is 0 Å². The second-order valence-electron chi connectivity index (χ2n) is 9.34. The molecular weight excluding hydrogens is 417 g/mol. The molecule has 3 saturated carbocycles. The van der Waals surface area contributed by atoms with E-state index in [1.54, 1.807) is 6.21 Å². The molecule has 2 aromatic heterocycles. The van der Waals surface area contributed by atoms with Gasteiger partial charge in [0, 0.05) is 37.5 Å². The van der Waals surface area contributed by atoms with Crippen LogP contribution in [-0.4, -0.2) is 26.7 Å². The van der Waals surface area contributed by atoms with Gasteiger partial charge in [-0.25, -0.2) is 18.2 Å². The van der Waals surface area contributed by atoms with Gasteiger partial charge in [0.15, 0.2) is 0 Å². The van der Waals surface area contributed by atoms with Crippen LogP contribution >= 0.6 is 0 Å². The van der Waals surface area contributed by atoms with Crippen molar-refractivity contribution in [2.45, 2.75) is 38.3 Å². The molecule has 1 aliphatic heterocycles. The highest BCUT2D eigenvalue weighted by atomic mass is 19.1. The number of carbonyl (C=O) groups is 1. The topological polar surface area (TPSA) is 50.5 Å². The van der Waals surface area contributed by atoms with Crippen LogP contribution in [0.2, 0.25) is 0 Å². The Morgan fingerprint density at radius 2 is 1.84 bits per heavy atom. The molecule has 2 bridgehead atoms. The molecule has 8 heteroatoms. The Labute approximate surface area is 182 Å². The minimum Gasteiger partial charge on any atom is -0.346 e. The van der Waals surface area contributed by atoms with Gasteiger partial charge >= 0.3 is 0 Å². The van der Waals surface area contributed by atoms with Crippen molar-refractivity contribution in [3.8, 4) is 0 Å². The average Bonchev–Trinajstić information content (AvgIpc) is 3.49. The summed E-state index contributed by atoms with van der Waals surface area (Å²) in [6, 6.07) is 6.25. The number of pyridine rings is 1. The number of aromatic nitrogens is 2. The summed E-state index contributed by atoms with van der Waals surface area (Å²) >= 11 is 0. The molecule has 0 saturated heterocycles. The van der Waals surface area contributed by atoms with Gasteiger partial charge in [-0.1, -0.05) is 0 Å². The number of rotatable bonds is 4. The van der Waals surface area contributed by atoms with E-state index in [0.29, 0.717) is 30.4 Å². The fourth-order valence-electron chi connectivity index (χ4n) is 5.94. The van der Waals surface area contributed by atoms with Crippen molar-refractivity contribution in [1.29, 1.82) is 0 Å². The highest BCUT2D eigenvalue weighted by Crippen LogP contribution is 2.63. The molecule has 0 spiro atoms. The minimum atomic E-state index is -0.660. The van der Waals surface area contributed by atoms with Gasteiger partial charge in [-0.2, -0.15) is 5.10 Å². The highest BCUT2D eigenvalue weighted by molar-refractivity contribution is 5.87. The summed E-state index contributed by atoms with van der Waals surface area (Å²) in [5, 5.41) is 5.71. The van der Waals surface area contributed by atoms with Crippen molar-refractivity contribution in [2.75, 3.05) is 0 Å². The third-order valence-corrected chi connectivity index (χ3v) is 7.40. The van der Waals surface area contributed by atoms with Crippen molar-refractivity contribution >= 4 is 23.2 Å². The van der Waals surface area contributed by atoms with Crippen molar-refractivity contribution in [3.05, 3.63) is 65.7 Å². The summed E-state index contributed by atoms with van der Waals surface area (Å²) in [5.41, 5.74) is 1.45. The lowest BCUT2D eigenvalue weighted by molar-refractivity contribution is -0.148. The SMILES string of the molecule is O=C(N1N=CCC1c1cc(F)cc(F)c1)C12CC(Cn3ccc4ncc(F)cc43)C(C1)C2. The molecule has 2 unspecified atom stereocenters. The summed E-state index contributed by atoms with van der Waals surface area (Å²) in [4.78, 5) is 17.6. The molecule has 32 heavy (non-hydrogen) atoms. The van der Waals surface area contributed by atoms with Gasteiger partial charge < -0.3 is 4.57 Å². The Morgan fingerprint density at radius 3 is 2.62 bits per heavy atom. The number of fused-ring (bicyclic) bond motifs is 2. The molecule has 3 fully saturated rings. The van der Waals surface area contributed by atoms with Gasteiger partial charge in [0.25, 0.3) is 0 Å². The number of nitrogens with zero attached hydrogens (tertiary/aromatic N) is 4. The molecule has 0 N–H and O–H groups in total. The quantitative estimate of drug-likeness (QED) is 0.586. The molecule has 1 aromatic carbocycles. The molecule has 164 valence electrons. The summed E-state index contributed by atoms with van der Waals surface area (Å²) in [7, 11) is 0. The molecular formula is C24H21F3N4O. The van der Waals surface area contributed by atoms with E-state index in [1.165, 1.54) is 29.4 Å². The van der Waals surface area contributed by atoms with Gasteiger partial charge in [0.05, 0.1) is 28.7 Å². The predicted octanol–water partition coefficient (Wildman–Crippen LogP) is 4.83. The van der Waals surface area contributed by atoms with E-state index in [2.05, 4.69) is 10.1 Å². The molecule has 7 rings (SSSR count). The van der Waals surface area contributed by atoms with Gasteiger partial charge in [0.1, 0.15) is 17.5 Å². The third-order valence-electron chi connectivity index (χ3n) is 7.40. The fourth-order valence-corrected chi connectivity index (χ4v) is 5.94. The van der Waals surface area contributed by atoms with Crippen molar-refractivity contribution in [2.24, 2.45) is 22.4 Å². The van der Waals surface area contributed by atoms with E-state index >= 15 is 0 Å². The lowest BCUT2D eigenvalue weighted by atomic mass is 9.68. The van der Waals surface area contributed by atoms with Gasteiger partial charge in [-0.05, 0) is 54.9 Å². The van der Waals surface area contributed by atoms with Crippen LogP contribution in [0.1, 0.15) is 37.3 Å².